The Bertz CT molecular complexity index is 1340. The van der Waals surface area contributed by atoms with E-state index >= 15 is 0 Å². The Labute approximate surface area is 192 Å². The molecule has 6 rings (SSSR count). The third-order valence-corrected chi connectivity index (χ3v) is 6.16. The molecule has 172 valence electrons. The number of carbonyl (C=O) groups excluding carboxylic acids is 2. The predicted molar refractivity (Wildman–Crippen MR) is 117 cm³/mol. The number of anilines is 2. The summed E-state index contributed by atoms with van der Waals surface area (Å²) >= 11 is 0. The van der Waals surface area contributed by atoms with Crippen LogP contribution in [0.5, 0.6) is 17.2 Å². The van der Waals surface area contributed by atoms with Crippen LogP contribution < -0.4 is 25.4 Å². The summed E-state index contributed by atoms with van der Waals surface area (Å²) in [5.41, 5.74) is 0.829. The van der Waals surface area contributed by atoms with Gasteiger partial charge in [-0.05, 0) is 42.8 Å². The van der Waals surface area contributed by atoms with E-state index in [4.69, 9.17) is 9.47 Å². The lowest BCUT2D eigenvalue weighted by Crippen LogP contribution is -2.39. The summed E-state index contributed by atoms with van der Waals surface area (Å²) in [7, 11) is 0. The lowest BCUT2D eigenvalue weighted by atomic mass is 10.0. The van der Waals surface area contributed by atoms with Gasteiger partial charge in [0.1, 0.15) is 46.3 Å². The van der Waals surface area contributed by atoms with Gasteiger partial charge in [0.25, 0.3) is 0 Å². The fourth-order valence-electron chi connectivity index (χ4n) is 4.51. The summed E-state index contributed by atoms with van der Waals surface area (Å²) in [6.07, 6.45) is 2.76. The van der Waals surface area contributed by atoms with Gasteiger partial charge in [0.2, 0.25) is 5.91 Å². The fraction of sp³-hybridized carbons (Fsp3) is 0.208. The van der Waals surface area contributed by atoms with Crippen LogP contribution in [0.4, 0.5) is 25.1 Å². The second-order valence-corrected chi connectivity index (χ2v) is 8.46. The van der Waals surface area contributed by atoms with Crippen LogP contribution in [0, 0.1) is 11.6 Å². The van der Waals surface area contributed by atoms with E-state index < -0.39 is 23.2 Å². The first-order chi connectivity index (χ1) is 16.4. The van der Waals surface area contributed by atoms with Gasteiger partial charge in [-0.15, -0.1) is 0 Å². The highest BCUT2D eigenvalue weighted by molar-refractivity contribution is 5.93. The summed E-state index contributed by atoms with van der Waals surface area (Å²) in [6.45, 7) is 0. The van der Waals surface area contributed by atoms with E-state index in [9.17, 15) is 18.4 Å². The SMILES string of the molecule is O=C1CCc2c(Oc3ccc4c(c3)C3(NC(=O)Nc5cc(F)cc(F)c5)C[C@@H]3O4)ccnc2N1. The molecular weight excluding hydrogens is 446 g/mol. The molecule has 3 heterocycles. The number of hydrogen-bond acceptors (Lipinski definition) is 5. The van der Waals surface area contributed by atoms with Crippen LogP contribution in [-0.4, -0.2) is 23.0 Å². The molecule has 2 aromatic carbocycles. The van der Waals surface area contributed by atoms with E-state index in [0.717, 1.165) is 29.3 Å². The minimum Gasteiger partial charge on any atom is -0.487 e. The Hall–Kier alpha value is -4.21. The van der Waals surface area contributed by atoms with Crippen molar-refractivity contribution in [3.8, 4) is 17.2 Å². The number of carbonyl (C=O) groups is 2. The number of urea groups is 1. The van der Waals surface area contributed by atoms with Gasteiger partial charge in [0, 0.05) is 41.9 Å². The zero-order valence-electron chi connectivity index (χ0n) is 17.7. The van der Waals surface area contributed by atoms with Crippen LogP contribution in [0.3, 0.4) is 0 Å². The fourth-order valence-corrected chi connectivity index (χ4v) is 4.51. The maximum atomic E-state index is 13.4. The molecule has 0 spiro atoms. The third kappa shape index (κ3) is 3.47. The smallest absolute Gasteiger partial charge is 0.320 e. The highest BCUT2D eigenvalue weighted by atomic mass is 19.1. The van der Waals surface area contributed by atoms with Crippen molar-refractivity contribution in [2.24, 2.45) is 0 Å². The first-order valence-corrected chi connectivity index (χ1v) is 10.7. The molecule has 10 heteroatoms. The summed E-state index contributed by atoms with van der Waals surface area (Å²) in [5, 5.41) is 8.10. The van der Waals surface area contributed by atoms with Crippen molar-refractivity contribution in [1.82, 2.24) is 10.3 Å². The van der Waals surface area contributed by atoms with E-state index in [-0.39, 0.29) is 17.7 Å². The molecule has 3 aliphatic rings. The highest BCUT2D eigenvalue weighted by Gasteiger charge is 2.64. The Morgan fingerprint density at radius 3 is 2.79 bits per heavy atom. The van der Waals surface area contributed by atoms with Crippen LogP contribution >= 0.6 is 0 Å². The summed E-state index contributed by atoms with van der Waals surface area (Å²) in [5.74, 6) is 0.588. The quantitative estimate of drug-likeness (QED) is 0.537. The van der Waals surface area contributed by atoms with E-state index in [1.165, 1.54) is 0 Å². The molecular formula is C24H18F2N4O4. The molecule has 1 unspecified atom stereocenters. The molecule has 8 nitrogen and oxygen atoms in total. The number of benzene rings is 2. The molecule has 0 bridgehead atoms. The summed E-state index contributed by atoms with van der Waals surface area (Å²) in [6, 6.07) is 9.28. The van der Waals surface area contributed by atoms with Crippen molar-refractivity contribution in [3.05, 3.63) is 71.4 Å². The molecule has 0 radical (unpaired) electrons. The highest BCUT2D eigenvalue weighted by Crippen LogP contribution is 2.58. The molecule has 1 fully saturated rings. The van der Waals surface area contributed by atoms with E-state index in [0.29, 0.717) is 42.3 Å². The standard InChI is InChI=1S/C24H18F2N4O4/c25-12-7-13(26)9-14(8-12)28-23(32)30-24-11-20(24)34-19-3-1-15(10-17(19)24)33-18-5-6-27-22-16(18)2-4-21(31)29-22/h1,3,5-10,20H,2,4,11H2,(H,27,29,31)(H2,28,30,32)/t20-,24?/m0/s1. The van der Waals surface area contributed by atoms with Crippen molar-refractivity contribution >= 4 is 23.4 Å². The van der Waals surface area contributed by atoms with E-state index in [2.05, 4.69) is 20.9 Å². The summed E-state index contributed by atoms with van der Waals surface area (Å²) in [4.78, 5) is 28.5. The van der Waals surface area contributed by atoms with Gasteiger partial charge in [-0.25, -0.2) is 18.6 Å². The molecule has 1 saturated carbocycles. The van der Waals surface area contributed by atoms with E-state index in [1.54, 1.807) is 30.5 Å². The number of rotatable bonds is 4. The molecule has 3 N–H and O–H groups in total. The molecule has 1 aromatic heterocycles. The maximum Gasteiger partial charge on any atom is 0.320 e. The van der Waals surface area contributed by atoms with Crippen LogP contribution in [0.25, 0.3) is 0 Å². The third-order valence-electron chi connectivity index (χ3n) is 6.16. The van der Waals surface area contributed by atoms with Gasteiger partial charge in [-0.1, -0.05) is 0 Å². The van der Waals surface area contributed by atoms with Crippen molar-refractivity contribution < 1.29 is 27.8 Å². The summed E-state index contributed by atoms with van der Waals surface area (Å²) < 4.78 is 38.9. The van der Waals surface area contributed by atoms with Crippen molar-refractivity contribution in [1.29, 1.82) is 0 Å². The van der Waals surface area contributed by atoms with Crippen LogP contribution in [-0.2, 0) is 16.8 Å². The topological polar surface area (TPSA) is 102 Å². The van der Waals surface area contributed by atoms with Crippen LogP contribution in [0.15, 0.2) is 48.7 Å². The number of aromatic nitrogens is 1. The lowest BCUT2D eigenvalue weighted by molar-refractivity contribution is -0.116. The number of fused-ring (bicyclic) bond motifs is 4. The molecule has 1 aliphatic carbocycles. The van der Waals surface area contributed by atoms with Gasteiger partial charge < -0.3 is 25.4 Å². The number of nitrogens with zero attached hydrogens (tertiary/aromatic N) is 1. The molecule has 0 saturated heterocycles. The van der Waals surface area contributed by atoms with Gasteiger partial charge in [-0.3, -0.25) is 4.79 Å². The number of ether oxygens (including phenoxy) is 2. The lowest BCUT2D eigenvalue weighted by Gasteiger charge is -2.20. The van der Waals surface area contributed by atoms with E-state index in [1.807, 2.05) is 0 Å². The molecule has 2 aliphatic heterocycles. The normalized spacial score (nSPS) is 21.4. The molecule has 34 heavy (non-hydrogen) atoms. The second-order valence-electron chi connectivity index (χ2n) is 8.46. The number of nitrogens with one attached hydrogen (secondary N) is 3. The van der Waals surface area contributed by atoms with Crippen molar-refractivity contribution in [2.75, 3.05) is 10.6 Å². The second kappa shape index (κ2) is 7.41. The van der Waals surface area contributed by atoms with Crippen LogP contribution in [0.2, 0.25) is 0 Å². The number of pyridine rings is 1. The number of amides is 3. The Kier molecular flexibility index (Phi) is 4.44. The van der Waals surface area contributed by atoms with Gasteiger partial charge in [-0.2, -0.15) is 0 Å². The van der Waals surface area contributed by atoms with Crippen LogP contribution in [0.1, 0.15) is 24.0 Å². The Balaban J connectivity index is 1.23. The monoisotopic (exact) mass is 464 g/mol. The predicted octanol–water partition coefficient (Wildman–Crippen LogP) is 4.22. The van der Waals surface area contributed by atoms with Crippen molar-refractivity contribution in [2.45, 2.75) is 30.9 Å². The largest absolute Gasteiger partial charge is 0.487 e. The molecule has 3 amide bonds. The first kappa shape index (κ1) is 20.4. The van der Waals surface area contributed by atoms with Gasteiger partial charge in [0.05, 0.1) is 0 Å². The van der Waals surface area contributed by atoms with Gasteiger partial charge >= 0.3 is 6.03 Å². The average molecular weight is 464 g/mol. The van der Waals surface area contributed by atoms with Crippen molar-refractivity contribution in [3.63, 3.8) is 0 Å². The maximum absolute atomic E-state index is 13.4. The minimum atomic E-state index is -0.785. The molecule has 2 atom stereocenters. The van der Waals surface area contributed by atoms with Gasteiger partial charge in [0.15, 0.2) is 0 Å². The minimum absolute atomic E-state index is 0.00868. The Morgan fingerprint density at radius 2 is 1.97 bits per heavy atom. The average Bonchev–Trinajstić information content (AvgIpc) is 3.38. The number of hydrogen-bond donors (Lipinski definition) is 3. The zero-order chi connectivity index (χ0) is 23.4. The zero-order valence-corrected chi connectivity index (χ0v) is 17.7. The number of halogens is 2. The molecule has 3 aromatic rings. The Morgan fingerprint density at radius 1 is 1.15 bits per heavy atom. The first-order valence-electron chi connectivity index (χ1n) is 10.7.